The summed E-state index contributed by atoms with van der Waals surface area (Å²) in [5.74, 6) is 0.954. The molecule has 1 saturated heterocycles. The maximum atomic E-state index is 5.92. The second-order valence-corrected chi connectivity index (χ2v) is 6.12. The van der Waals surface area contributed by atoms with Crippen molar-refractivity contribution in [1.82, 2.24) is 4.90 Å². The van der Waals surface area contributed by atoms with Gasteiger partial charge in [0.2, 0.25) is 0 Å². The molecule has 2 nitrogen and oxygen atoms in total. The fourth-order valence-electron chi connectivity index (χ4n) is 2.80. The van der Waals surface area contributed by atoms with Gasteiger partial charge in [-0.2, -0.15) is 0 Å². The Morgan fingerprint density at radius 3 is 2.72 bits per heavy atom. The lowest BCUT2D eigenvalue weighted by molar-refractivity contribution is 0.171. The highest BCUT2D eigenvalue weighted by Crippen LogP contribution is 2.27. The van der Waals surface area contributed by atoms with E-state index in [0.29, 0.717) is 0 Å². The van der Waals surface area contributed by atoms with Gasteiger partial charge in [0.1, 0.15) is 0 Å². The second kappa shape index (κ2) is 6.58. The fraction of sp³-hybridized carbons (Fsp3) is 0.600. The van der Waals surface area contributed by atoms with Gasteiger partial charge in [-0.05, 0) is 59.4 Å². The molecule has 0 unspecified atom stereocenters. The van der Waals surface area contributed by atoms with E-state index in [4.69, 9.17) is 5.73 Å². The molecule has 1 heterocycles. The minimum atomic E-state index is 0.841. The highest BCUT2D eigenvalue weighted by Gasteiger charge is 2.19. The van der Waals surface area contributed by atoms with E-state index in [-0.39, 0.29) is 0 Å². The first kappa shape index (κ1) is 13.9. The van der Waals surface area contributed by atoms with Crippen LogP contribution >= 0.6 is 15.9 Å². The van der Waals surface area contributed by atoms with Gasteiger partial charge in [-0.3, -0.25) is 4.90 Å². The summed E-state index contributed by atoms with van der Waals surface area (Å²) >= 11 is 3.59. The Morgan fingerprint density at radius 2 is 2.06 bits per heavy atom. The Morgan fingerprint density at radius 1 is 1.33 bits per heavy atom. The van der Waals surface area contributed by atoms with Crippen LogP contribution in [0.5, 0.6) is 0 Å². The Balaban J connectivity index is 1.90. The second-order valence-electron chi connectivity index (χ2n) is 5.33. The molecule has 0 atom stereocenters. The standard InChI is InChI=1S/C15H23BrN2/c1-2-4-12-7-9-18(10-8-12)11-13-5-3-6-14(17)15(13)16/h3,5-6,12H,2,4,7-11,17H2,1H3. The van der Waals surface area contributed by atoms with Gasteiger partial charge in [-0.25, -0.2) is 0 Å². The molecule has 1 aliphatic heterocycles. The van der Waals surface area contributed by atoms with Crippen LogP contribution < -0.4 is 5.73 Å². The van der Waals surface area contributed by atoms with Gasteiger partial charge in [-0.15, -0.1) is 0 Å². The van der Waals surface area contributed by atoms with E-state index in [1.54, 1.807) is 0 Å². The van der Waals surface area contributed by atoms with Crippen LogP contribution in [0, 0.1) is 5.92 Å². The number of likely N-dealkylation sites (tertiary alicyclic amines) is 1. The highest BCUT2D eigenvalue weighted by molar-refractivity contribution is 9.10. The van der Waals surface area contributed by atoms with Crippen LogP contribution in [-0.2, 0) is 6.54 Å². The summed E-state index contributed by atoms with van der Waals surface area (Å²) < 4.78 is 1.07. The smallest absolute Gasteiger partial charge is 0.0461 e. The zero-order valence-corrected chi connectivity index (χ0v) is 12.7. The SMILES string of the molecule is CCCC1CCN(Cc2cccc(N)c2Br)CC1. The number of halogens is 1. The molecule has 1 aromatic carbocycles. The van der Waals surface area contributed by atoms with Crippen LogP contribution in [0.25, 0.3) is 0 Å². The quantitative estimate of drug-likeness (QED) is 0.850. The highest BCUT2D eigenvalue weighted by atomic mass is 79.9. The van der Waals surface area contributed by atoms with Gasteiger partial charge >= 0.3 is 0 Å². The number of nitrogen functional groups attached to an aromatic ring is 1. The number of anilines is 1. The van der Waals surface area contributed by atoms with E-state index in [0.717, 1.165) is 22.6 Å². The zero-order valence-electron chi connectivity index (χ0n) is 11.2. The molecule has 0 amide bonds. The topological polar surface area (TPSA) is 29.3 Å². The van der Waals surface area contributed by atoms with Crippen LogP contribution in [-0.4, -0.2) is 18.0 Å². The van der Waals surface area contributed by atoms with Crippen LogP contribution in [0.4, 0.5) is 5.69 Å². The van der Waals surface area contributed by atoms with Crippen molar-refractivity contribution in [3.05, 3.63) is 28.2 Å². The molecule has 3 heteroatoms. The molecule has 0 bridgehead atoms. The van der Waals surface area contributed by atoms with Gasteiger partial charge in [0.05, 0.1) is 0 Å². The summed E-state index contributed by atoms with van der Waals surface area (Å²) in [5.41, 5.74) is 8.07. The number of hydrogen-bond donors (Lipinski definition) is 1. The number of rotatable bonds is 4. The summed E-state index contributed by atoms with van der Waals surface area (Å²) in [5, 5.41) is 0. The first-order valence-electron chi connectivity index (χ1n) is 6.96. The van der Waals surface area contributed by atoms with Gasteiger partial charge in [0, 0.05) is 16.7 Å². The molecule has 0 spiro atoms. The molecule has 1 fully saturated rings. The van der Waals surface area contributed by atoms with E-state index < -0.39 is 0 Å². The van der Waals surface area contributed by atoms with Crippen molar-refractivity contribution in [2.45, 2.75) is 39.2 Å². The molecule has 1 aliphatic rings. The number of benzene rings is 1. The van der Waals surface area contributed by atoms with Gasteiger partial charge in [-0.1, -0.05) is 31.9 Å². The van der Waals surface area contributed by atoms with E-state index in [1.807, 2.05) is 12.1 Å². The van der Waals surface area contributed by atoms with Crippen molar-refractivity contribution in [2.24, 2.45) is 5.92 Å². The predicted molar refractivity (Wildman–Crippen MR) is 81.5 cm³/mol. The fourth-order valence-corrected chi connectivity index (χ4v) is 3.19. The minimum Gasteiger partial charge on any atom is -0.398 e. The summed E-state index contributed by atoms with van der Waals surface area (Å²) in [6.45, 7) is 5.76. The van der Waals surface area contributed by atoms with Crippen molar-refractivity contribution >= 4 is 21.6 Å². The number of hydrogen-bond acceptors (Lipinski definition) is 2. The first-order chi connectivity index (χ1) is 8.70. The largest absolute Gasteiger partial charge is 0.398 e. The first-order valence-corrected chi connectivity index (χ1v) is 7.75. The van der Waals surface area contributed by atoms with Crippen molar-refractivity contribution < 1.29 is 0 Å². The van der Waals surface area contributed by atoms with Crippen molar-refractivity contribution in [2.75, 3.05) is 18.8 Å². The third-order valence-corrected chi connectivity index (χ3v) is 4.87. The van der Waals surface area contributed by atoms with Crippen LogP contribution in [0.15, 0.2) is 22.7 Å². The maximum Gasteiger partial charge on any atom is 0.0461 e. The minimum absolute atomic E-state index is 0.841. The number of piperidine rings is 1. The van der Waals surface area contributed by atoms with Crippen LogP contribution in [0.3, 0.4) is 0 Å². The van der Waals surface area contributed by atoms with E-state index >= 15 is 0 Å². The van der Waals surface area contributed by atoms with Crippen LogP contribution in [0.2, 0.25) is 0 Å². The molecule has 0 aliphatic carbocycles. The maximum absolute atomic E-state index is 5.92. The Kier molecular flexibility index (Phi) is 5.07. The molecular formula is C15H23BrN2. The van der Waals surface area contributed by atoms with Crippen molar-refractivity contribution in [1.29, 1.82) is 0 Å². The van der Waals surface area contributed by atoms with Crippen molar-refractivity contribution in [3.63, 3.8) is 0 Å². The third-order valence-electron chi connectivity index (χ3n) is 3.91. The number of nitrogens with two attached hydrogens (primary N) is 1. The molecule has 2 rings (SSSR count). The molecular weight excluding hydrogens is 288 g/mol. The summed E-state index contributed by atoms with van der Waals surface area (Å²) in [6, 6.07) is 6.15. The average Bonchev–Trinajstić information content (AvgIpc) is 2.38. The predicted octanol–water partition coefficient (Wildman–Crippen LogP) is 4.04. The molecule has 0 radical (unpaired) electrons. The van der Waals surface area contributed by atoms with E-state index in [2.05, 4.69) is 33.8 Å². The molecule has 1 aromatic rings. The lowest BCUT2D eigenvalue weighted by Crippen LogP contribution is -2.33. The third kappa shape index (κ3) is 3.48. The number of nitrogens with zero attached hydrogens (tertiary/aromatic N) is 1. The average molecular weight is 311 g/mol. The van der Waals surface area contributed by atoms with Gasteiger partial charge in [0.15, 0.2) is 0 Å². The summed E-state index contributed by atoms with van der Waals surface area (Å²) in [4.78, 5) is 2.55. The zero-order chi connectivity index (χ0) is 13.0. The van der Waals surface area contributed by atoms with Gasteiger partial charge in [0.25, 0.3) is 0 Å². The summed E-state index contributed by atoms with van der Waals surface area (Å²) in [7, 11) is 0. The Bertz CT molecular complexity index is 384. The van der Waals surface area contributed by atoms with Gasteiger partial charge < -0.3 is 5.73 Å². The van der Waals surface area contributed by atoms with Crippen molar-refractivity contribution in [3.8, 4) is 0 Å². The Labute approximate surface area is 119 Å². The molecule has 100 valence electrons. The lowest BCUT2D eigenvalue weighted by atomic mass is 9.92. The normalized spacial score (nSPS) is 18.1. The van der Waals surface area contributed by atoms with Crippen LogP contribution in [0.1, 0.15) is 38.2 Å². The Hall–Kier alpha value is -0.540. The van der Waals surface area contributed by atoms with E-state index in [1.165, 1.54) is 44.3 Å². The van der Waals surface area contributed by atoms with E-state index in [9.17, 15) is 0 Å². The molecule has 2 N–H and O–H groups in total. The molecule has 0 saturated carbocycles. The molecule has 18 heavy (non-hydrogen) atoms. The monoisotopic (exact) mass is 310 g/mol. The lowest BCUT2D eigenvalue weighted by Gasteiger charge is -2.32. The molecule has 0 aromatic heterocycles. The summed E-state index contributed by atoms with van der Waals surface area (Å²) in [6.07, 6.45) is 5.43.